The zero-order valence-corrected chi connectivity index (χ0v) is 12.6. The van der Waals surface area contributed by atoms with Crippen LogP contribution < -0.4 is 10.6 Å². The van der Waals surface area contributed by atoms with Gasteiger partial charge in [0.1, 0.15) is 0 Å². The van der Waals surface area contributed by atoms with Gasteiger partial charge in [0.25, 0.3) is 0 Å². The van der Waals surface area contributed by atoms with E-state index in [0.29, 0.717) is 6.42 Å². The molecule has 0 aliphatic heterocycles. The summed E-state index contributed by atoms with van der Waals surface area (Å²) in [5.41, 5.74) is 1.21. The fourth-order valence-electron chi connectivity index (χ4n) is 2.45. The van der Waals surface area contributed by atoms with E-state index in [9.17, 15) is 4.79 Å². The highest BCUT2D eigenvalue weighted by Crippen LogP contribution is 2.33. The molecule has 2 N–H and O–H groups in total. The molecule has 1 aromatic rings. The lowest BCUT2D eigenvalue weighted by Crippen LogP contribution is -2.15. The van der Waals surface area contributed by atoms with Gasteiger partial charge >= 0.3 is 0 Å². The molecule has 0 radical (unpaired) electrons. The number of thiazole rings is 1. The van der Waals surface area contributed by atoms with Gasteiger partial charge in [0.15, 0.2) is 5.13 Å². The summed E-state index contributed by atoms with van der Waals surface area (Å²) in [4.78, 5) is 17.7. The van der Waals surface area contributed by atoms with E-state index >= 15 is 0 Å². The van der Waals surface area contributed by atoms with Gasteiger partial charge in [0.2, 0.25) is 5.91 Å². The van der Waals surface area contributed by atoms with Gasteiger partial charge < -0.3 is 10.6 Å². The minimum atomic E-state index is 0.0772. The van der Waals surface area contributed by atoms with E-state index < -0.39 is 0 Å². The number of aromatic nitrogens is 1. The molecule has 1 unspecified atom stereocenters. The highest BCUT2D eigenvalue weighted by molar-refractivity contribution is 7.15. The lowest BCUT2D eigenvalue weighted by molar-refractivity contribution is -0.116. The Kier molecular flexibility index (Phi) is 5.34. The number of anilines is 1. The normalized spacial score (nSPS) is 18.1. The van der Waals surface area contributed by atoms with Crippen LogP contribution >= 0.6 is 11.3 Å². The molecule has 1 heterocycles. The predicted molar refractivity (Wildman–Crippen MR) is 79.7 cm³/mol. The number of aryl methyl sites for hydroxylation is 1. The highest BCUT2D eigenvalue weighted by Gasteiger charge is 2.21. The molecular formula is C14H23N3OS. The Morgan fingerprint density at radius 1 is 1.53 bits per heavy atom. The van der Waals surface area contributed by atoms with Crippen LogP contribution in [0.15, 0.2) is 0 Å². The number of nitrogens with zero attached hydrogens (tertiary/aromatic N) is 1. The summed E-state index contributed by atoms with van der Waals surface area (Å²) in [6.45, 7) is 3.13. The van der Waals surface area contributed by atoms with Crippen molar-refractivity contribution >= 4 is 22.4 Å². The van der Waals surface area contributed by atoms with Crippen LogP contribution in [0.2, 0.25) is 0 Å². The molecule has 0 saturated carbocycles. The Balaban J connectivity index is 1.88. The molecule has 0 aromatic carbocycles. The number of rotatable bonds is 6. The second-order valence-electron chi connectivity index (χ2n) is 5.16. The summed E-state index contributed by atoms with van der Waals surface area (Å²) in [5, 5.41) is 6.76. The van der Waals surface area contributed by atoms with E-state index in [0.717, 1.165) is 36.9 Å². The molecule has 19 heavy (non-hydrogen) atoms. The predicted octanol–water partition coefficient (Wildman–Crippen LogP) is 2.60. The lowest BCUT2D eigenvalue weighted by Gasteiger charge is -2.18. The molecule has 1 aliphatic carbocycles. The molecule has 0 spiro atoms. The maximum absolute atomic E-state index is 11.7. The minimum Gasteiger partial charge on any atom is -0.320 e. The van der Waals surface area contributed by atoms with E-state index in [4.69, 9.17) is 0 Å². The van der Waals surface area contributed by atoms with Crippen molar-refractivity contribution in [3.63, 3.8) is 0 Å². The van der Waals surface area contributed by atoms with Gasteiger partial charge in [-0.05, 0) is 45.2 Å². The van der Waals surface area contributed by atoms with Crippen molar-refractivity contribution in [3.05, 3.63) is 10.6 Å². The molecule has 4 nitrogen and oxygen atoms in total. The van der Waals surface area contributed by atoms with Crippen molar-refractivity contribution in [1.29, 1.82) is 0 Å². The monoisotopic (exact) mass is 281 g/mol. The fraction of sp³-hybridized carbons (Fsp3) is 0.714. The second kappa shape index (κ2) is 7.01. The number of fused-ring (bicyclic) bond motifs is 1. The third-order valence-electron chi connectivity index (χ3n) is 3.70. The minimum absolute atomic E-state index is 0.0772. The summed E-state index contributed by atoms with van der Waals surface area (Å²) in [6, 6.07) is 0. The molecule has 106 valence electrons. The zero-order chi connectivity index (χ0) is 13.7. The van der Waals surface area contributed by atoms with Crippen LogP contribution in [0.4, 0.5) is 5.13 Å². The largest absolute Gasteiger partial charge is 0.320 e. The van der Waals surface area contributed by atoms with E-state index in [2.05, 4.69) is 22.5 Å². The first-order valence-corrected chi connectivity index (χ1v) is 7.97. The summed E-state index contributed by atoms with van der Waals surface area (Å²) < 4.78 is 0. The van der Waals surface area contributed by atoms with E-state index in [1.807, 2.05) is 7.05 Å². The summed E-state index contributed by atoms with van der Waals surface area (Å²) in [6.07, 6.45) is 6.11. The van der Waals surface area contributed by atoms with Crippen molar-refractivity contribution in [2.45, 2.75) is 45.4 Å². The quantitative estimate of drug-likeness (QED) is 0.788. The molecular weight excluding hydrogens is 258 g/mol. The Morgan fingerprint density at radius 2 is 2.37 bits per heavy atom. The fourth-order valence-corrected chi connectivity index (χ4v) is 3.59. The summed E-state index contributed by atoms with van der Waals surface area (Å²) in [5.74, 6) is 0.875. The van der Waals surface area contributed by atoms with Crippen molar-refractivity contribution in [2.75, 3.05) is 18.9 Å². The molecule has 2 rings (SSSR count). The first-order chi connectivity index (χ1) is 9.22. The van der Waals surface area contributed by atoms with Crippen LogP contribution in [0.5, 0.6) is 0 Å². The third-order valence-corrected chi connectivity index (χ3v) is 4.73. The standard InChI is InChI=1S/C14H23N3OS/c1-3-10-6-7-11-12(9-10)19-14(16-11)17-13(18)5-4-8-15-2/h10,15H,3-9H2,1-2H3,(H,16,17,18). The smallest absolute Gasteiger partial charge is 0.226 e. The first-order valence-electron chi connectivity index (χ1n) is 7.16. The third kappa shape index (κ3) is 4.01. The lowest BCUT2D eigenvalue weighted by atomic mass is 9.89. The molecule has 0 bridgehead atoms. The first kappa shape index (κ1) is 14.5. The second-order valence-corrected chi connectivity index (χ2v) is 6.24. The van der Waals surface area contributed by atoms with Gasteiger partial charge in [-0.3, -0.25) is 4.79 Å². The number of carbonyl (C=O) groups is 1. The molecule has 0 saturated heterocycles. The topological polar surface area (TPSA) is 54.0 Å². The summed E-state index contributed by atoms with van der Waals surface area (Å²) >= 11 is 1.66. The van der Waals surface area contributed by atoms with Gasteiger partial charge in [-0.25, -0.2) is 4.98 Å². The average molecular weight is 281 g/mol. The number of amides is 1. The Morgan fingerprint density at radius 3 is 3.11 bits per heavy atom. The molecule has 1 amide bonds. The maximum Gasteiger partial charge on any atom is 0.226 e. The Labute approximate surface area is 119 Å². The van der Waals surface area contributed by atoms with Crippen molar-refractivity contribution in [3.8, 4) is 0 Å². The van der Waals surface area contributed by atoms with Crippen LogP contribution in [-0.4, -0.2) is 24.5 Å². The van der Waals surface area contributed by atoms with Crippen molar-refractivity contribution in [2.24, 2.45) is 5.92 Å². The van der Waals surface area contributed by atoms with Crippen LogP contribution in [0, 0.1) is 5.92 Å². The Bertz CT molecular complexity index is 430. The van der Waals surface area contributed by atoms with Crippen LogP contribution in [-0.2, 0) is 17.6 Å². The van der Waals surface area contributed by atoms with E-state index in [1.54, 1.807) is 11.3 Å². The van der Waals surface area contributed by atoms with Gasteiger partial charge in [-0.15, -0.1) is 11.3 Å². The van der Waals surface area contributed by atoms with Crippen LogP contribution in [0.3, 0.4) is 0 Å². The molecule has 1 aromatic heterocycles. The van der Waals surface area contributed by atoms with E-state index in [1.165, 1.54) is 23.4 Å². The van der Waals surface area contributed by atoms with Gasteiger partial charge in [-0.2, -0.15) is 0 Å². The van der Waals surface area contributed by atoms with Crippen LogP contribution in [0.1, 0.15) is 43.2 Å². The van der Waals surface area contributed by atoms with Crippen molar-refractivity contribution in [1.82, 2.24) is 10.3 Å². The van der Waals surface area contributed by atoms with E-state index in [-0.39, 0.29) is 5.91 Å². The van der Waals surface area contributed by atoms with Gasteiger partial charge in [0.05, 0.1) is 5.69 Å². The number of nitrogens with one attached hydrogen (secondary N) is 2. The Hall–Kier alpha value is -0.940. The maximum atomic E-state index is 11.7. The molecule has 1 aliphatic rings. The van der Waals surface area contributed by atoms with Crippen LogP contribution in [0.25, 0.3) is 0 Å². The van der Waals surface area contributed by atoms with Crippen molar-refractivity contribution < 1.29 is 4.79 Å². The molecule has 0 fully saturated rings. The number of carbonyl (C=O) groups excluding carboxylic acids is 1. The molecule has 1 atom stereocenters. The SMILES string of the molecule is CCC1CCc2nc(NC(=O)CCCNC)sc2C1. The molecule has 5 heteroatoms. The number of hydrogen-bond acceptors (Lipinski definition) is 4. The average Bonchev–Trinajstić information content (AvgIpc) is 2.79. The highest BCUT2D eigenvalue weighted by atomic mass is 32.1. The van der Waals surface area contributed by atoms with Gasteiger partial charge in [0, 0.05) is 11.3 Å². The summed E-state index contributed by atoms with van der Waals surface area (Å²) in [7, 11) is 1.90. The number of hydrogen-bond donors (Lipinski definition) is 2. The van der Waals surface area contributed by atoms with Gasteiger partial charge in [-0.1, -0.05) is 13.3 Å². The zero-order valence-electron chi connectivity index (χ0n) is 11.8.